The molecule has 0 radical (unpaired) electrons. The van der Waals surface area contributed by atoms with Crippen molar-refractivity contribution in [3.8, 4) is 0 Å². The van der Waals surface area contributed by atoms with Crippen LogP contribution in [0, 0.1) is 12.2 Å². The summed E-state index contributed by atoms with van der Waals surface area (Å²) in [7, 11) is -2.66. The molecule has 7 heteroatoms. The Bertz CT molecular complexity index is 642. The smallest absolute Gasteiger partial charge is 1.00 e. The van der Waals surface area contributed by atoms with Gasteiger partial charge in [-0.3, -0.25) is 12.2 Å². The zero-order valence-electron chi connectivity index (χ0n) is 20.4. The molecule has 0 bridgehead atoms. The van der Waals surface area contributed by atoms with Gasteiger partial charge in [-0.05, 0) is 51.9 Å². The van der Waals surface area contributed by atoms with Crippen molar-refractivity contribution >= 4 is 16.5 Å². The summed E-state index contributed by atoms with van der Waals surface area (Å²) in [4.78, 5) is 0. The van der Waals surface area contributed by atoms with E-state index in [1.165, 1.54) is 63.0 Å². The summed E-state index contributed by atoms with van der Waals surface area (Å²) in [5.41, 5.74) is 2.99. The summed E-state index contributed by atoms with van der Waals surface area (Å²) < 4.78 is 5.47. The Morgan fingerprint density at radius 2 is 0.935 bits per heavy atom. The molecule has 2 aliphatic carbocycles. The second-order valence-electron chi connectivity index (χ2n) is 9.79. The molecule has 2 heterocycles. The molecule has 31 heavy (non-hydrogen) atoms. The molecule has 0 N–H and O–H groups in total. The van der Waals surface area contributed by atoms with Crippen LogP contribution in [-0.4, -0.2) is 51.8 Å². The number of allylic oxidation sites excluding steroid dienone is 8. The van der Waals surface area contributed by atoms with E-state index in [1.807, 2.05) is 0 Å². The van der Waals surface area contributed by atoms with Gasteiger partial charge in [-0.25, -0.2) is 21.5 Å². The van der Waals surface area contributed by atoms with Crippen molar-refractivity contribution < 1.29 is 59.8 Å². The second-order valence-corrected chi connectivity index (χ2v) is 18.3. The van der Waals surface area contributed by atoms with E-state index in [0.717, 1.165) is 12.8 Å². The summed E-state index contributed by atoms with van der Waals surface area (Å²) in [6.07, 6.45) is 19.4. The van der Waals surface area contributed by atoms with E-state index < -0.39 is 16.5 Å². The molecule has 0 saturated carbocycles. The van der Waals surface area contributed by atoms with Gasteiger partial charge in [-0.1, -0.05) is 26.2 Å². The molecule has 0 aromatic rings. The van der Waals surface area contributed by atoms with E-state index in [0.29, 0.717) is 0 Å². The molecule has 2 nitrogen and oxygen atoms in total. The van der Waals surface area contributed by atoms with Gasteiger partial charge in [0.15, 0.2) is 0 Å². The average Bonchev–Trinajstić information content (AvgIpc) is 3.42. The van der Waals surface area contributed by atoms with Gasteiger partial charge in [0.2, 0.25) is 0 Å². The van der Waals surface area contributed by atoms with Gasteiger partial charge in [0.05, 0.1) is 0 Å². The van der Waals surface area contributed by atoms with E-state index in [2.05, 4.69) is 73.5 Å². The maximum atomic E-state index is 3.57. The number of hydrogen-bond acceptors (Lipinski definition) is 2. The molecular weight excluding hydrogens is 711 g/mol. The van der Waals surface area contributed by atoms with Gasteiger partial charge >= 0.3 is 25.8 Å². The summed E-state index contributed by atoms with van der Waals surface area (Å²) >= 11 is 0. The van der Waals surface area contributed by atoms with Crippen molar-refractivity contribution in [3.05, 3.63) is 45.8 Å². The predicted molar refractivity (Wildman–Crippen MR) is 127 cm³/mol. The van der Waals surface area contributed by atoms with Crippen LogP contribution in [0.4, 0.5) is 0 Å². The molecule has 0 unspecified atom stereocenters. The zero-order chi connectivity index (χ0) is 20.4. The molecular formula is C24H40Br2HfN2Si2. The van der Waals surface area contributed by atoms with Crippen molar-refractivity contribution in [1.29, 1.82) is 0 Å². The molecule has 4 aliphatic rings. The first-order valence-corrected chi connectivity index (χ1v) is 17.2. The fraction of sp³-hybridized carbons (Fsp3) is 0.667. The number of hydrogen-bond donors (Lipinski definition) is 0. The quantitative estimate of drug-likeness (QED) is 0.291. The molecule has 2 fully saturated rings. The van der Waals surface area contributed by atoms with Crippen molar-refractivity contribution in [2.75, 3.05) is 26.2 Å². The van der Waals surface area contributed by atoms with Crippen LogP contribution < -0.4 is 34.0 Å². The monoisotopic (exact) mass is 750 g/mol. The Kier molecular flexibility index (Phi) is 14.4. The van der Waals surface area contributed by atoms with E-state index in [4.69, 9.17) is 0 Å². The van der Waals surface area contributed by atoms with Crippen LogP contribution in [0.5, 0.6) is 0 Å². The van der Waals surface area contributed by atoms with Crippen molar-refractivity contribution in [2.45, 2.75) is 78.6 Å². The fourth-order valence-electron chi connectivity index (χ4n) is 5.36. The van der Waals surface area contributed by atoms with Crippen LogP contribution in [-0.2, 0) is 25.8 Å². The second kappa shape index (κ2) is 13.9. The standard InChI is InChI=1S/2C12H20NSi.2BrH.Hf/c2*1-11-7-6-8-12(11)14(2,3)13-9-4-5-10-13;;;/h2*7H,4-6,9-10H2,1-3H3;2*1H;/q2*-1;;;+4/p-2. The summed E-state index contributed by atoms with van der Waals surface area (Å²) in [6.45, 7) is 19.7. The first kappa shape index (κ1) is 32.1. The third kappa shape index (κ3) is 7.56. The van der Waals surface area contributed by atoms with Gasteiger partial charge in [0, 0.05) is 0 Å². The minimum Gasteiger partial charge on any atom is -1.00 e. The number of nitrogens with zero attached hydrogens (tertiary/aromatic N) is 2. The van der Waals surface area contributed by atoms with Crippen LogP contribution in [0.2, 0.25) is 26.2 Å². The van der Waals surface area contributed by atoms with Crippen LogP contribution in [0.25, 0.3) is 0 Å². The molecule has 2 saturated heterocycles. The van der Waals surface area contributed by atoms with Crippen LogP contribution in [0.1, 0.15) is 52.4 Å². The van der Waals surface area contributed by atoms with E-state index in [9.17, 15) is 0 Å². The van der Waals surface area contributed by atoms with Gasteiger partial charge in [-0.2, -0.15) is 12.2 Å². The van der Waals surface area contributed by atoms with Crippen molar-refractivity contribution in [2.24, 2.45) is 0 Å². The predicted octanol–water partition coefficient (Wildman–Crippen LogP) is -0.182. The van der Waals surface area contributed by atoms with E-state index in [-0.39, 0.29) is 59.8 Å². The van der Waals surface area contributed by atoms with Gasteiger partial charge in [0.1, 0.15) is 16.5 Å². The molecule has 0 atom stereocenters. The van der Waals surface area contributed by atoms with Crippen molar-refractivity contribution in [3.63, 3.8) is 0 Å². The Morgan fingerprint density at radius 1 is 0.645 bits per heavy atom. The number of rotatable bonds is 4. The molecule has 0 spiro atoms. The normalized spacial score (nSPS) is 21.6. The van der Waals surface area contributed by atoms with Crippen LogP contribution in [0.15, 0.2) is 33.7 Å². The fourth-order valence-corrected chi connectivity index (χ4v) is 12.1. The van der Waals surface area contributed by atoms with E-state index >= 15 is 0 Å². The third-order valence-corrected chi connectivity index (χ3v) is 14.8. The zero-order valence-corrected chi connectivity index (χ0v) is 29.1. The SMILES string of the molecule is CC1=CC[C-]=C1[Si](C)(C)N1CCCC1.CC1=CC[C-]=C1[Si](C)(C)N1CCCC1.[Br-].[Br-].[Hf+4]. The molecule has 0 amide bonds. The van der Waals surface area contributed by atoms with Crippen LogP contribution >= 0.6 is 0 Å². The average molecular weight is 751 g/mol. The van der Waals surface area contributed by atoms with Gasteiger partial charge < -0.3 is 43.1 Å². The summed E-state index contributed by atoms with van der Waals surface area (Å²) in [6, 6.07) is 0. The number of halogens is 2. The Balaban J connectivity index is 0.000000529. The van der Waals surface area contributed by atoms with Gasteiger partial charge in [0.25, 0.3) is 0 Å². The largest absolute Gasteiger partial charge is 4.00 e. The molecule has 0 aromatic heterocycles. The molecule has 172 valence electrons. The Labute approximate surface area is 234 Å². The van der Waals surface area contributed by atoms with E-state index in [1.54, 1.807) is 10.4 Å². The Hall–Kier alpha value is 1.14. The Morgan fingerprint density at radius 3 is 1.16 bits per heavy atom. The molecule has 2 aliphatic heterocycles. The molecule has 0 aromatic carbocycles. The van der Waals surface area contributed by atoms with Crippen LogP contribution in [0.3, 0.4) is 0 Å². The summed E-state index contributed by atoms with van der Waals surface area (Å²) in [5, 5.41) is 3.14. The third-order valence-electron chi connectivity index (χ3n) is 7.18. The minimum absolute atomic E-state index is 0. The first-order valence-electron chi connectivity index (χ1n) is 11.3. The maximum Gasteiger partial charge on any atom is 4.00 e. The molecule has 4 rings (SSSR count). The summed E-state index contributed by atoms with van der Waals surface area (Å²) in [5.74, 6) is 0. The van der Waals surface area contributed by atoms with Gasteiger partial charge in [-0.15, -0.1) is 26.7 Å². The topological polar surface area (TPSA) is 6.48 Å². The van der Waals surface area contributed by atoms with Crippen molar-refractivity contribution in [1.82, 2.24) is 9.13 Å². The minimum atomic E-state index is -1.33. The first-order chi connectivity index (χ1) is 13.2. The maximum absolute atomic E-state index is 3.57.